The molecule has 8 heteroatoms. The lowest BCUT2D eigenvalue weighted by atomic mass is 10.2. The van der Waals surface area contributed by atoms with Gasteiger partial charge in [0, 0.05) is 12.7 Å². The number of nitrogens with one attached hydrogen (secondary N) is 1. The molecule has 4 rings (SSSR count). The topological polar surface area (TPSA) is 72.7 Å². The van der Waals surface area contributed by atoms with Crippen molar-refractivity contribution in [3.8, 4) is 11.5 Å². The molecule has 0 amide bonds. The Labute approximate surface area is 171 Å². The molecule has 0 unspecified atom stereocenters. The second-order valence-corrected chi connectivity index (χ2v) is 6.56. The number of benzene rings is 2. The first kappa shape index (κ1) is 18.8. The fraction of sp³-hybridized carbons (Fsp3) is 0.0476. The van der Waals surface area contributed by atoms with Crippen LogP contribution in [0.3, 0.4) is 0 Å². The van der Waals surface area contributed by atoms with Gasteiger partial charge in [-0.2, -0.15) is 9.67 Å². The monoisotopic (exact) mass is 407 g/mol. The highest BCUT2D eigenvalue weighted by Crippen LogP contribution is 2.21. The zero-order chi connectivity index (χ0) is 20.2. The van der Waals surface area contributed by atoms with Crippen LogP contribution in [-0.2, 0) is 6.54 Å². The van der Waals surface area contributed by atoms with Crippen LogP contribution in [0.25, 0.3) is 11.5 Å². The molecule has 0 saturated carbocycles. The summed E-state index contributed by atoms with van der Waals surface area (Å²) in [6.07, 6.45) is 1.62. The smallest absolute Gasteiger partial charge is 0.282 e. The number of aromatic nitrogens is 4. The highest BCUT2D eigenvalue weighted by atomic mass is 35.5. The van der Waals surface area contributed by atoms with E-state index in [0.717, 1.165) is 10.2 Å². The molecule has 0 aliphatic heterocycles. The van der Waals surface area contributed by atoms with Gasteiger partial charge in [0.15, 0.2) is 0 Å². The highest BCUT2D eigenvalue weighted by Gasteiger charge is 2.20. The summed E-state index contributed by atoms with van der Waals surface area (Å²) >= 11 is 6.18. The number of carbonyl (C=O) groups excluding carboxylic acids is 1. The molecular formula is C21H15ClFN5O. The van der Waals surface area contributed by atoms with Gasteiger partial charge in [-0.1, -0.05) is 41.9 Å². The van der Waals surface area contributed by atoms with E-state index in [1.54, 1.807) is 54.7 Å². The largest absolute Gasteiger partial charge is 0.350 e. The molecule has 1 N–H and O–H groups in total. The van der Waals surface area contributed by atoms with Crippen LogP contribution in [-0.4, -0.2) is 25.7 Å². The van der Waals surface area contributed by atoms with E-state index in [1.807, 2.05) is 6.07 Å². The number of halogens is 2. The molecule has 144 valence electrons. The maximum absolute atomic E-state index is 13.1. The van der Waals surface area contributed by atoms with Crippen LogP contribution in [0.15, 0.2) is 72.9 Å². The molecule has 4 aromatic rings. The Morgan fingerprint density at radius 2 is 1.79 bits per heavy atom. The molecule has 29 heavy (non-hydrogen) atoms. The Balaban J connectivity index is 1.70. The minimum atomic E-state index is -0.424. The Morgan fingerprint density at radius 1 is 1.03 bits per heavy atom. The summed E-state index contributed by atoms with van der Waals surface area (Å²) < 4.78 is 14.3. The van der Waals surface area contributed by atoms with Gasteiger partial charge in [-0.05, 0) is 42.0 Å². The van der Waals surface area contributed by atoms with Crippen molar-refractivity contribution >= 4 is 23.5 Å². The summed E-state index contributed by atoms with van der Waals surface area (Å²) in [5, 5.41) is 7.74. The number of anilines is 1. The minimum absolute atomic E-state index is 0.236. The first-order chi connectivity index (χ1) is 14.1. The molecule has 2 aromatic heterocycles. The van der Waals surface area contributed by atoms with Crippen molar-refractivity contribution in [3.63, 3.8) is 0 Å². The first-order valence-electron chi connectivity index (χ1n) is 8.78. The van der Waals surface area contributed by atoms with Crippen LogP contribution in [0.1, 0.15) is 15.9 Å². The van der Waals surface area contributed by atoms with Gasteiger partial charge < -0.3 is 5.32 Å². The van der Waals surface area contributed by atoms with E-state index in [9.17, 15) is 9.18 Å². The molecular weight excluding hydrogens is 393 g/mol. The van der Waals surface area contributed by atoms with Crippen molar-refractivity contribution < 1.29 is 9.18 Å². The fourth-order valence-electron chi connectivity index (χ4n) is 2.70. The third kappa shape index (κ3) is 4.14. The molecule has 0 spiro atoms. The maximum atomic E-state index is 13.1. The van der Waals surface area contributed by atoms with Crippen molar-refractivity contribution in [2.24, 2.45) is 0 Å². The van der Waals surface area contributed by atoms with Gasteiger partial charge in [0.05, 0.1) is 10.6 Å². The third-order valence-electron chi connectivity index (χ3n) is 4.16. The number of nitrogens with zero attached hydrogens (tertiary/aromatic N) is 4. The van der Waals surface area contributed by atoms with Gasteiger partial charge in [-0.15, -0.1) is 5.10 Å². The molecule has 0 saturated heterocycles. The summed E-state index contributed by atoms with van der Waals surface area (Å²) in [5.41, 5.74) is 1.66. The quantitative estimate of drug-likeness (QED) is 0.529. The average Bonchev–Trinajstić information content (AvgIpc) is 3.18. The Hall–Kier alpha value is -3.58. The molecule has 0 fully saturated rings. The van der Waals surface area contributed by atoms with E-state index in [-0.39, 0.29) is 11.8 Å². The Bertz CT molecular complexity index is 1150. The molecule has 2 heterocycles. The van der Waals surface area contributed by atoms with Crippen LogP contribution in [0.5, 0.6) is 0 Å². The number of rotatable bonds is 5. The van der Waals surface area contributed by atoms with Gasteiger partial charge in [0.1, 0.15) is 11.5 Å². The van der Waals surface area contributed by atoms with Crippen molar-refractivity contribution in [1.82, 2.24) is 19.7 Å². The predicted molar refractivity (Wildman–Crippen MR) is 108 cm³/mol. The molecule has 2 aromatic carbocycles. The highest BCUT2D eigenvalue weighted by molar-refractivity contribution is 6.33. The van der Waals surface area contributed by atoms with Gasteiger partial charge >= 0.3 is 0 Å². The molecule has 6 nitrogen and oxygen atoms in total. The third-order valence-corrected chi connectivity index (χ3v) is 4.49. The van der Waals surface area contributed by atoms with Crippen LogP contribution in [0, 0.1) is 5.82 Å². The van der Waals surface area contributed by atoms with Gasteiger partial charge in [0.25, 0.3) is 5.91 Å². The number of hydrogen-bond donors (Lipinski definition) is 1. The number of pyridine rings is 1. The van der Waals surface area contributed by atoms with E-state index in [2.05, 4.69) is 20.4 Å². The van der Waals surface area contributed by atoms with Gasteiger partial charge in [-0.25, -0.2) is 4.39 Å². The van der Waals surface area contributed by atoms with Crippen LogP contribution < -0.4 is 5.32 Å². The van der Waals surface area contributed by atoms with Crippen molar-refractivity contribution in [2.75, 3.05) is 5.32 Å². The molecule has 0 aliphatic rings. The standard InChI is InChI=1S/C21H15ClFN5O/c22-17-6-2-1-5-16(17)20(29)28-21(25-13-14-8-10-15(23)11-9-14)26-19(27-28)18-7-3-4-12-24-18/h1-12H,13H2,(H,25,26,27). The summed E-state index contributed by atoms with van der Waals surface area (Å²) in [4.78, 5) is 21.7. The predicted octanol–water partition coefficient (Wildman–Crippen LogP) is 4.43. The summed E-state index contributed by atoms with van der Waals surface area (Å²) in [5.74, 6) is -0.206. The normalized spacial score (nSPS) is 10.7. The fourth-order valence-corrected chi connectivity index (χ4v) is 2.92. The first-order valence-corrected chi connectivity index (χ1v) is 9.15. The molecule has 0 bridgehead atoms. The minimum Gasteiger partial charge on any atom is -0.350 e. The summed E-state index contributed by atoms with van der Waals surface area (Å²) in [6.45, 7) is 0.330. The Morgan fingerprint density at radius 3 is 2.52 bits per heavy atom. The number of carbonyl (C=O) groups is 1. The lowest BCUT2D eigenvalue weighted by Gasteiger charge is -2.08. The second kappa shape index (κ2) is 8.20. The zero-order valence-corrected chi connectivity index (χ0v) is 15.8. The van der Waals surface area contributed by atoms with E-state index in [4.69, 9.17) is 11.6 Å². The van der Waals surface area contributed by atoms with Gasteiger partial charge in [-0.3, -0.25) is 9.78 Å². The van der Waals surface area contributed by atoms with Crippen LogP contribution in [0.2, 0.25) is 5.02 Å². The van der Waals surface area contributed by atoms with Crippen molar-refractivity contribution in [3.05, 3.63) is 94.9 Å². The lowest BCUT2D eigenvalue weighted by molar-refractivity contribution is 0.0947. The van der Waals surface area contributed by atoms with E-state index in [0.29, 0.717) is 28.6 Å². The number of hydrogen-bond acceptors (Lipinski definition) is 5. The van der Waals surface area contributed by atoms with Crippen LogP contribution in [0.4, 0.5) is 10.3 Å². The van der Waals surface area contributed by atoms with E-state index >= 15 is 0 Å². The zero-order valence-electron chi connectivity index (χ0n) is 15.1. The maximum Gasteiger partial charge on any atom is 0.282 e. The summed E-state index contributed by atoms with van der Waals surface area (Å²) in [6, 6.07) is 18.1. The van der Waals surface area contributed by atoms with Crippen LogP contribution >= 0.6 is 11.6 Å². The molecule has 0 atom stereocenters. The Kier molecular flexibility index (Phi) is 5.31. The summed E-state index contributed by atoms with van der Waals surface area (Å²) in [7, 11) is 0. The SMILES string of the molecule is O=C(c1ccccc1Cl)n1nc(-c2ccccn2)nc1NCc1ccc(F)cc1. The van der Waals surface area contributed by atoms with Gasteiger partial charge in [0.2, 0.25) is 11.8 Å². The van der Waals surface area contributed by atoms with E-state index < -0.39 is 5.91 Å². The second-order valence-electron chi connectivity index (χ2n) is 6.15. The average molecular weight is 408 g/mol. The molecule has 0 radical (unpaired) electrons. The van der Waals surface area contributed by atoms with E-state index in [1.165, 1.54) is 12.1 Å². The van der Waals surface area contributed by atoms with Crippen molar-refractivity contribution in [2.45, 2.75) is 6.54 Å². The lowest BCUT2D eigenvalue weighted by Crippen LogP contribution is -2.18. The van der Waals surface area contributed by atoms with Crippen molar-refractivity contribution in [1.29, 1.82) is 0 Å². The molecule has 0 aliphatic carbocycles.